The summed E-state index contributed by atoms with van der Waals surface area (Å²) >= 11 is 0. The van der Waals surface area contributed by atoms with Crippen molar-refractivity contribution < 1.29 is 9.68 Å². The van der Waals surface area contributed by atoms with Crippen molar-refractivity contribution in [1.82, 2.24) is 9.55 Å². The molecular weight excluding hydrogens is 496 g/mol. The minimum absolute atomic E-state index is 0.209. The van der Waals surface area contributed by atoms with Crippen molar-refractivity contribution in [2.75, 3.05) is 10.1 Å². The van der Waals surface area contributed by atoms with E-state index in [1.807, 2.05) is 64.9 Å². The number of hydrogen-bond acceptors (Lipinski definition) is 5. The first-order valence-corrected chi connectivity index (χ1v) is 13.5. The van der Waals surface area contributed by atoms with Crippen molar-refractivity contribution in [3.05, 3.63) is 115 Å². The lowest BCUT2D eigenvalue weighted by atomic mass is 10.1. The molecule has 40 heavy (non-hydrogen) atoms. The standard InChI is InChI=1S/C34H30N4O2/c1-23-18-19-35-33(20-23)36-29-13-6-5-12-27(29)28-17-16-26(22-32(28)36)39-25-11-9-10-24(21-25)37-30-14-7-8-15-31(30)38(40-37)34(2,3)4/h5-22H,1-4H3. The van der Waals surface area contributed by atoms with Crippen LogP contribution in [0.1, 0.15) is 26.3 Å². The number of pyridine rings is 1. The molecule has 4 aromatic carbocycles. The number of benzene rings is 4. The van der Waals surface area contributed by atoms with Crippen LogP contribution >= 0.6 is 0 Å². The molecule has 0 spiro atoms. The Labute approximate surface area is 233 Å². The number of aromatic nitrogens is 2. The van der Waals surface area contributed by atoms with Crippen molar-refractivity contribution in [2.24, 2.45) is 0 Å². The van der Waals surface area contributed by atoms with E-state index in [0.717, 1.165) is 56.4 Å². The third kappa shape index (κ3) is 4.05. The van der Waals surface area contributed by atoms with Gasteiger partial charge in [0, 0.05) is 29.1 Å². The Morgan fingerprint density at radius 1 is 0.700 bits per heavy atom. The molecule has 0 saturated carbocycles. The third-order valence-electron chi connectivity index (χ3n) is 7.16. The first kappa shape index (κ1) is 24.2. The molecule has 198 valence electrons. The van der Waals surface area contributed by atoms with Crippen LogP contribution in [0.15, 0.2) is 109 Å². The van der Waals surface area contributed by atoms with E-state index in [4.69, 9.17) is 14.7 Å². The maximum Gasteiger partial charge on any atom is 0.137 e. The zero-order valence-corrected chi connectivity index (χ0v) is 23.0. The Hall–Kier alpha value is -4.81. The molecule has 6 heteroatoms. The lowest BCUT2D eigenvalue weighted by Gasteiger charge is -2.31. The van der Waals surface area contributed by atoms with Crippen molar-refractivity contribution in [3.8, 4) is 17.3 Å². The highest BCUT2D eigenvalue weighted by atomic mass is 16.9. The predicted octanol–water partition coefficient (Wildman–Crippen LogP) is 8.88. The largest absolute Gasteiger partial charge is 0.457 e. The number of aryl methyl sites for hydroxylation is 1. The van der Waals surface area contributed by atoms with Crippen LogP contribution in [0.25, 0.3) is 27.6 Å². The molecule has 0 unspecified atom stereocenters. The monoisotopic (exact) mass is 526 g/mol. The van der Waals surface area contributed by atoms with Gasteiger partial charge in [-0.05, 0) is 87.9 Å². The summed E-state index contributed by atoms with van der Waals surface area (Å²) in [6.07, 6.45) is 1.86. The highest BCUT2D eigenvalue weighted by Crippen LogP contribution is 2.45. The first-order valence-electron chi connectivity index (χ1n) is 13.5. The molecule has 1 aliphatic heterocycles. The quantitative estimate of drug-likeness (QED) is 0.229. The fourth-order valence-electron chi connectivity index (χ4n) is 5.36. The molecule has 0 amide bonds. The molecule has 6 aromatic rings. The molecule has 0 radical (unpaired) electrons. The topological polar surface area (TPSA) is 42.8 Å². The van der Waals surface area contributed by atoms with Crippen LogP contribution in [0.3, 0.4) is 0 Å². The number of rotatable bonds is 4. The van der Waals surface area contributed by atoms with E-state index in [-0.39, 0.29) is 5.54 Å². The Bertz CT molecular complexity index is 1890. The summed E-state index contributed by atoms with van der Waals surface area (Å²) in [6, 6.07) is 35.0. The van der Waals surface area contributed by atoms with Gasteiger partial charge in [0.1, 0.15) is 17.3 Å². The number of para-hydroxylation sites is 3. The van der Waals surface area contributed by atoms with Crippen LogP contribution in [-0.4, -0.2) is 15.1 Å². The molecule has 0 fully saturated rings. The normalized spacial score (nSPS) is 13.3. The summed E-state index contributed by atoms with van der Waals surface area (Å²) in [5.41, 5.74) is 6.02. The van der Waals surface area contributed by atoms with E-state index in [1.165, 1.54) is 5.39 Å². The van der Waals surface area contributed by atoms with Gasteiger partial charge in [0.15, 0.2) is 0 Å². The smallest absolute Gasteiger partial charge is 0.137 e. The molecule has 6 nitrogen and oxygen atoms in total. The summed E-state index contributed by atoms with van der Waals surface area (Å²) in [4.78, 5) is 11.0. The third-order valence-corrected chi connectivity index (χ3v) is 7.16. The maximum absolute atomic E-state index is 6.45. The van der Waals surface area contributed by atoms with Gasteiger partial charge in [0.2, 0.25) is 0 Å². The van der Waals surface area contributed by atoms with Crippen LogP contribution in [0.2, 0.25) is 0 Å². The second-order valence-corrected chi connectivity index (χ2v) is 11.2. The fraction of sp³-hybridized carbons (Fsp3) is 0.147. The van der Waals surface area contributed by atoms with Gasteiger partial charge < -0.3 is 4.74 Å². The van der Waals surface area contributed by atoms with Crippen LogP contribution in [-0.2, 0) is 4.94 Å². The molecule has 0 bridgehead atoms. The van der Waals surface area contributed by atoms with E-state index in [0.29, 0.717) is 0 Å². The summed E-state index contributed by atoms with van der Waals surface area (Å²) in [5, 5.41) is 6.15. The summed E-state index contributed by atoms with van der Waals surface area (Å²) < 4.78 is 8.66. The Kier molecular flexibility index (Phi) is 5.54. The molecule has 7 rings (SSSR count). The Balaban J connectivity index is 1.27. The number of hydrogen-bond donors (Lipinski definition) is 0. The summed E-state index contributed by atoms with van der Waals surface area (Å²) in [6.45, 7) is 8.49. The Morgan fingerprint density at radius 2 is 1.45 bits per heavy atom. The van der Waals surface area contributed by atoms with Gasteiger partial charge in [-0.1, -0.05) is 36.4 Å². The van der Waals surface area contributed by atoms with Crippen LogP contribution < -0.4 is 14.9 Å². The van der Waals surface area contributed by atoms with E-state index < -0.39 is 0 Å². The molecular formula is C34H30N4O2. The highest BCUT2D eigenvalue weighted by molar-refractivity contribution is 6.09. The summed E-state index contributed by atoms with van der Waals surface area (Å²) in [7, 11) is 0. The first-order chi connectivity index (χ1) is 19.4. The minimum atomic E-state index is -0.209. The number of fused-ring (bicyclic) bond motifs is 4. The molecule has 0 atom stereocenters. The SMILES string of the molecule is Cc1ccnc(-n2c3ccccc3c3ccc(Oc4cccc(N5ON(C(C)(C)C)c6ccccc65)c4)cc32)c1. The van der Waals surface area contributed by atoms with Crippen LogP contribution in [0, 0.1) is 6.92 Å². The molecule has 0 saturated heterocycles. The summed E-state index contributed by atoms with van der Waals surface area (Å²) in [5.74, 6) is 2.36. The fourth-order valence-corrected chi connectivity index (χ4v) is 5.36. The molecule has 3 heterocycles. The van der Waals surface area contributed by atoms with E-state index in [1.54, 1.807) is 0 Å². The van der Waals surface area contributed by atoms with Crippen molar-refractivity contribution >= 4 is 38.9 Å². The van der Waals surface area contributed by atoms with Gasteiger partial charge >= 0.3 is 0 Å². The van der Waals surface area contributed by atoms with Gasteiger partial charge in [0.25, 0.3) is 0 Å². The molecule has 2 aromatic heterocycles. The van der Waals surface area contributed by atoms with Gasteiger partial charge in [0.05, 0.1) is 33.6 Å². The number of ether oxygens (including phenoxy) is 1. The molecule has 0 N–H and O–H groups in total. The van der Waals surface area contributed by atoms with Crippen molar-refractivity contribution in [2.45, 2.75) is 33.2 Å². The second-order valence-electron chi connectivity index (χ2n) is 11.2. The minimum Gasteiger partial charge on any atom is -0.457 e. The lowest BCUT2D eigenvalue weighted by Crippen LogP contribution is -2.41. The van der Waals surface area contributed by atoms with Gasteiger partial charge in [-0.2, -0.15) is 5.06 Å². The van der Waals surface area contributed by atoms with Gasteiger partial charge in [-0.25, -0.2) is 10.0 Å². The molecule has 1 aliphatic rings. The van der Waals surface area contributed by atoms with Crippen molar-refractivity contribution in [1.29, 1.82) is 0 Å². The Morgan fingerprint density at radius 3 is 2.27 bits per heavy atom. The van der Waals surface area contributed by atoms with Gasteiger partial charge in [-0.3, -0.25) is 4.57 Å². The van der Waals surface area contributed by atoms with Crippen LogP contribution in [0.4, 0.5) is 17.1 Å². The van der Waals surface area contributed by atoms with E-state index in [9.17, 15) is 0 Å². The van der Waals surface area contributed by atoms with Gasteiger partial charge in [-0.15, -0.1) is 4.94 Å². The van der Waals surface area contributed by atoms with E-state index in [2.05, 4.69) is 86.9 Å². The molecule has 0 aliphatic carbocycles. The zero-order valence-electron chi connectivity index (χ0n) is 23.0. The number of anilines is 3. The number of hydroxylamine groups is 1. The maximum atomic E-state index is 6.45. The number of nitrogens with zero attached hydrogens (tertiary/aromatic N) is 4. The van der Waals surface area contributed by atoms with Crippen molar-refractivity contribution in [3.63, 3.8) is 0 Å². The zero-order chi connectivity index (χ0) is 27.4. The van der Waals surface area contributed by atoms with Crippen LogP contribution in [0.5, 0.6) is 11.5 Å². The lowest BCUT2D eigenvalue weighted by molar-refractivity contribution is 0.0842. The average Bonchev–Trinajstić information content (AvgIpc) is 3.50. The predicted molar refractivity (Wildman–Crippen MR) is 162 cm³/mol. The average molecular weight is 527 g/mol. The highest BCUT2D eigenvalue weighted by Gasteiger charge is 2.35. The second kappa shape index (κ2) is 9.14. The van der Waals surface area contributed by atoms with E-state index >= 15 is 0 Å².